The van der Waals surface area contributed by atoms with Crippen LogP contribution in [0, 0.1) is 11.7 Å². The third-order valence-electron chi connectivity index (χ3n) is 3.93. The van der Waals surface area contributed by atoms with Gasteiger partial charge in [-0.05, 0) is 37.1 Å². The lowest BCUT2D eigenvalue weighted by molar-refractivity contribution is -0.312. The third-order valence-corrected chi connectivity index (χ3v) is 5.80. The number of benzene rings is 1. The van der Waals surface area contributed by atoms with E-state index in [-0.39, 0.29) is 43.8 Å². The highest BCUT2D eigenvalue weighted by Crippen LogP contribution is 2.19. The molecular formula is C15H18FN2O5S-. The van der Waals surface area contributed by atoms with Gasteiger partial charge in [0.15, 0.2) is 0 Å². The van der Waals surface area contributed by atoms with E-state index in [4.69, 9.17) is 0 Å². The number of aliphatic carboxylic acids is 1. The van der Waals surface area contributed by atoms with Crippen molar-refractivity contribution in [1.29, 1.82) is 0 Å². The molecule has 7 nitrogen and oxygen atoms in total. The molecule has 24 heavy (non-hydrogen) atoms. The average Bonchev–Trinajstić information content (AvgIpc) is 2.55. The molecular weight excluding hydrogens is 339 g/mol. The first-order valence-corrected chi connectivity index (χ1v) is 9.13. The van der Waals surface area contributed by atoms with Crippen molar-refractivity contribution in [3.63, 3.8) is 0 Å². The number of hydrogen-bond acceptors (Lipinski definition) is 5. The van der Waals surface area contributed by atoms with E-state index in [1.54, 1.807) is 0 Å². The van der Waals surface area contributed by atoms with E-state index in [9.17, 15) is 27.5 Å². The van der Waals surface area contributed by atoms with Crippen LogP contribution >= 0.6 is 0 Å². The van der Waals surface area contributed by atoms with Gasteiger partial charge in [-0.1, -0.05) is 0 Å². The highest BCUT2D eigenvalue weighted by Gasteiger charge is 2.28. The summed E-state index contributed by atoms with van der Waals surface area (Å²) in [6.45, 7) is 0.179. The zero-order valence-electron chi connectivity index (χ0n) is 12.9. The second-order valence-corrected chi connectivity index (χ2v) is 7.66. The maximum absolute atomic E-state index is 12.8. The van der Waals surface area contributed by atoms with Crippen LogP contribution in [0.25, 0.3) is 0 Å². The minimum absolute atomic E-state index is 0.0844. The van der Waals surface area contributed by atoms with Crippen LogP contribution < -0.4 is 10.4 Å². The van der Waals surface area contributed by atoms with Gasteiger partial charge in [-0.15, -0.1) is 0 Å². The number of piperidine rings is 1. The van der Waals surface area contributed by atoms with Gasteiger partial charge in [0.2, 0.25) is 10.0 Å². The Kier molecular flexibility index (Phi) is 5.89. The number of halogens is 1. The van der Waals surface area contributed by atoms with E-state index in [0.29, 0.717) is 0 Å². The lowest BCUT2D eigenvalue weighted by Gasteiger charge is -2.31. The molecule has 0 atom stereocenters. The Hall–Kier alpha value is -2.00. The largest absolute Gasteiger partial charge is 0.550 e. The molecule has 0 unspecified atom stereocenters. The van der Waals surface area contributed by atoms with Gasteiger partial charge < -0.3 is 15.2 Å². The lowest BCUT2D eigenvalue weighted by atomic mass is 9.99. The van der Waals surface area contributed by atoms with Gasteiger partial charge >= 0.3 is 0 Å². The van der Waals surface area contributed by atoms with E-state index >= 15 is 0 Å². The summed E-state index contributed by atoms with van der Waals surface area (Å²) in [6, 6.07) is 4.91. The molecule has 1 aromatic rings. The number of carbonyl (C=O) groups is 2. The monoisotopic (exact) mass is 357 g/mol. The number of rotatable bonds is 6. The van der Waals surface area contributed by atoms with Crippen molar-refractivity contribution in [2.45, 2.75) is 12.8 Å². The molecule has 0 radical (unpaired) electrons. The minimum atomic E-state index is -3.57. The number of amides is 1. The number of nitrogens with one attached hydrogen (secondary N) is 1. The summed E-state index contributed by atoms with van der Waals surface area (Å²) in [5, 5.41) is 13.2. The molecule has 0 bridgehead atoms. The number of hydrogen-bond donors (Lipinski definition) is 1. The van der Waals surface area contributed by atoms with Crippen molar-refractivity contribution in [1.82, 2.24) is 9.62 Å². The summed E-state index contributed by atoms with van der Waals surface area (Å²) in [5.74, 6) is -3.00. The maximum Gasteiger partial charge on any atom is 0.251 e. The molecule has 9 heteroatoms. The smallest absolute Gasteiger partial charge is 0.251 e. The summed E-state index contributed by atoms with van der Waals surface area (Å²) in [4.78, 5) is 22.6. The van der Waals surface area contributed by atoms with E-state index in [0.717, 1.165) is 12.1 Å². The SMILES string of the molecule is O=C(NCCS(=O)(=O)N1CCC(C(=O)[O-])CC1)c1ccc(F)cc1. The second-order valence-electron chi connectivity index (χ2n) is 5.57. The molecule has 2 rings (SSSR count). The Morgan fingerprint density at radius 1 is 1.21 bits per heavy atom. The standard InChI is InChI=1S/C15H19FN2O5S/c16-13-3-1-11(2-4-13)14(19)17-7-10-24(22,23)18-8-5-12(6-9-18)15(20)21/h1-4,12H,5-10H2,(H,17,19)(H,20,21)/p-1. The van der Waals surface area contributed by atoms with Crippen molar-refractivity contribution in [2.75, 3.05) is 25.4 Å². The first kappa shape index (κ1) is 18.3. The summed E-state index contributed by atoms with van der Waals surface area (Å²) >= 11 is 0. The summed E-state index contributed by atoms with van der Waals surface area (Å²) < 4.78 is 38.4. The fourth-order valence-electron chi connectivity index (χ4n) is 2.50. The van der Waals surface area contributed by atoms with Crippen molar-refractivity contribution in [3.05, 3.63) is 35.6 Å². The van der Waals surface area contributed by atoms with Crippen LogP contribution in [0.4, 0.5) is 4.39 Å². The fraction of sp³-hybridized carbons (Fsp3) is 0.467. The van der Waals surface area contributed by atoms with E-state index in [1.807, 2.05) is 0 Å². The van der Waals surface area contributed by atoms with Gasteiger partial charge in [0, 0.05) is 37.1 Å². The summed E-state index contributed by atoms with van der Waals surface area (Å²) in [5.41, 5.74) is 0.239. The van der Waals surface area contributed by atoms with Crippen LogP contribution in [0.2, 0.25) is 0 Å². The van der Waals surface area contributed by atoms with Gasteiger partial charge in [0.25, 0.3) is 5.91 Å². The van der Waals surface area contributed by atoms with Crippen LogP contribution in [-0.2, 0) is 14.8 Å². The Balaban J connectivity index is 1.81. The normalized spacial score (nSPS) is 16.7. The number of sulfonamides is 1. The minimum Gasteiger partial charge on any atom is -0.550 e. The van der Waals surface area contributed by atoms with Gasteiger partial charge in [-0.25, -0.2) is 17.1 Å². The number of nitrogens with zero attached hydrogens (tertiary/aromatic N) is 1. The Bertz CT molecular complexity index is 697. The molecule has 0 spiro atoms. The van der Waals surface area contributed by atoms with E-state index in [2.05, 4.69) is 5.32 Å². The third kappa shape index (κ3) is 4.75. The first-order valence-electron chi connectivity index (χ1n) is 7.52. The molecule has 1 aliphatic heterocycles. The van der Waals surface area contributed by atoms with Crippen molar-refractivity contribution in [3.8, 4) is 0 Å². The molecule has 1 fully saturated rings. The Labute approximate surface area is 139 Å². The van der Waals surface area contributed by atoms with Crippen molar-refractivity contribution < 1.29 is 27.5 Å². The Morgan fingerprint density at radius 3 is 2.33 bits per heavy atom. The molecule has 1 N–H and O–H groups in total. The number of carboxylic acids is 1. The second kappa shape index (κ2) is 7.71. The Morgan fingerprint density at radius 2 is 1.79 bits per heavy atom. The highest BCUT2D eigenvalue weighted by molar-refractivity contribution is 7.89. The van der Waals surface area contributed by atoms with Gasteiger partial charge in [-0.2, -0.15) is 0 Å². The topological polar surface area (TPSA) is 107 Å². The molecule has 132 valence electrons. The summed E-state index contributed by atoms with van der Waals surface area (Å²) in [7, 11) is -3.57. The van der Waals surface area contributed by atoms with Gasteiger partial charge in [0.05, 0.1) is 5.75 Å². The quantitative estimate of drug-likeness (QED) is 0.728. The predicted octanol–water partition coefficient (Wildman–Crippen LogP) is -0.653. The van der Waals surface area contributed by atoms with Crippen LogP contribution in [0.1, 0.15) is 23.2 Å². The van der Waals surface area contributed by atoms with E-state index < -0.39 is 33.6 Å². The maximum atomic E-state index is 12.8. The van der Waals surface area contributed by atoms with Gasteiger partial charge in [-0.3, -0.25) is 4.79 Å². The van der Waals surface area contributed by atoms with Crippen LogP contribution in [0.3, 0.4) is 0 Å². The summed E-state index contributed by atoms with van der Waals surface area (Å²) in [6.07, 6.45) is 0.451. The molecule has 1 saturated heterocycles. The predicted molar refractivity (Wildman–Crippen MR) is 81.8 cm³/mol. The molecule has 0 aliphatic carbocycles. The molecule has 1 aliphatic rings. The zero-order valence-corrected chi connectivity index (χ0v) is 13.7. The molecule has 1 heterocycles. The van der Waals surface area contributed by atoms with Gasteiger partial charge in [0.1, 0.15) is 5.82 Å². The lowest BCUT2D eigenvalue weighted by Crippen LogP contribution is -2.45. The first-order chi connectivity index (χ1) is 11.3. The zero-order chi connectivity index (χ0) is 17.7. The molecule has 1 aromatic carbocycles. The molecule has 0 saturated carbocycles. The van der Waals surface area contributed by atoms with Crippen LogP contribution in [0.15, 0.2) is 24.3 Å². The van der Waals surface area contributed by atoms with Crippen LogP contribution in [0.5, 0.6) is 0 Å². The van der Waals surface area contributed by atoms with Crippen molar-refractivity contribution in [2.24, 2.45) is 5.92 Å². The highest BCUT2D eigenvalue weighted by atomic mass is 32.2. The molecule has 1 amide bonds. The van der Waals surface area contributed by atoms with Crippen molar-refractivity contribution >= 4 is 21.9 Å². The molecule has 0 aromatic heterocycles. The number of carboxylic acid groups (broad SMARTS) is 1. The van der Waals surface area contributed by atoms with Crippen LogP contribution in [-0.4, -0.2) is 50.0 Å². The number of carbonyl (C=O) groups excluding carboxylic acids is 2. The fourth-order valence-corrected chi connectivity index (χ4v) is 3.88. The van der Waals surface area contributed by atoms with E-state index in [1.165, 1.54) is 16.4 Å². The average molecular weight is 357 g/mol.